The summed E-state index contributed by atoms with van der Waals surface area (Å²) in [5, 5.41) is 7.72. The van der Waals surface area contributed by atoms with E-state index in [1.165, 1.54) is 30.5 Å². The lowest BCUT2D eigenvalue weighted by Crippen LogP contribution is -2.30. The quantitative estimate of drug-likeness (QED) is 0.830. The lowest BCUT2D eigenvalue weighted by Gasteiger charge is -2.22. The second-order valence-corrected chi connectivity index (χ2v) is 6.05. The predicted molar refractivity (Wildman–Crippen MR) is 82.6 cm³/mol. The maximum Gasteiger partial charge on any atom is 0.123 e. The lowest BCUT2D eigenvalue weighted by atomic mass is 10.3. The highest BCUT2D eigenvalue weighted by Crippen LogP contribution is 2.28. The molecule has 0 saturated heterocycles. The van der Waals surface area contributed by atoms with Crippen LogP contribution >= 0.6 is 11.3 Å². The molecule has 1 aromatic heterocycles. The summed E-state index contributed by atoms with van der Waals surface area (Å²) < 4.78 is 12.8. The third-order valence-corrected chi connectivity index (χ3v) is 4.33. The summed E-state index contributed by atoms with van der Waals surface area (Å²) >= 11 is 1.76. The highest BCUT2D eigenvalue weighted by atomic mass is 32.1. The van der Waals surface area contributed by atoms with Crippen molar-refractivity contribution in [2.24, 2.45) is 0 Å². The minimum absolute atomic E-state index is 0.187. The van der Waals surface area contributed by atoms with Crippen LogP contribution in [0.25, 0.3) is 0 Å². The molecule has 0 radical (unpaired) electrons. The molecule has 2 nitrogen and oxygen atoms in total. The molecule has 1 N–H and O–H groups in total. The zero-order chi connectivity index (χ0) is 13.8. The number of benzene rings is 1. The van der Waals surface area contributed by atoms with E-state index in [4.69, 9.17) is 0 Å². The minimum Gasteiger partial charge on any atom is -0.384 e. The molecule has 2 aromatic rings. The first-order valence-electron chi connectivity index (χ1n) is 7.06. The van der Waals surface area contributed by atoms with Gasteiger partial charge < -0.3 is 5.32 Å². The van der Waals surface area contributed by atoms with E-state index in [9.17, 15) is 4.39 Å². The number of thiophene rings is 1. The van der Waals surface area contributed by atoms with Crippen molar-refractivity contribution in [1.82, 2.24) is 4.90 Å². The van der Waals surface area contributed by atoms with Gasteiger partial charge in [-0.1, -0.05) is 0 Å². The van der Waals surface area contributed by atoms with Gasteiger partial charge >= 0.3 is 0 Å². The number of hydrogen-bond acceptors (Lipinski definition) is 3. The summed E-state index contributed by atoms with van der Waals surface area (Å²) in [7, 11) is 0. The van der Waals surface area contributed by atoms with Crippen LogP contribution in [0.4, 0.5) is 10.1 Å². The van der Waals surface area contributed by atoms with Gasteiger partial charge in [0.2, 0.25) is 0 Å². The Morgan fingerprint density at radius 3 is 2.65 bits per heavy atom. The molecule has 1 aromatic carbocycles. The van der Waals surface area contributed by atoms with E-state index >= 15 is 0 Å². The molecule has 1 heterocycles. The lowest BCUT2D eigenvalue weighted by molar-refractivity contribution is 0.265. The third-order valence-electron chi connectivity index (χ3n) is 3.60. The first kappa shape index (κ1) is 13.6. The zero-order valence-electron chi connectivity index (χ0n) is 11.4. The van der Waals surface area contributed by atoms with Crippen molar-refractivity contribution < 1.29 is 4.39 Å². The summed E-state index contributed by atoms with van der Waals surface area (Å²) in [6.45, 7) is 2.96. The molecule has 1 saturated carbocycles. The van der Waals surface area contributed by atoms with Crippen molar-refractivity contribution in [3.05, 3.63) is 52.5 Å². The van der Waals surface area contributed by atoms with Crippen LogP contribution in [0.5, 0.6) is 0 Å². The summed E-state index contributed by atoms with van der Waals surface area (Å²) in [6.07, 6.45) is 2.64. The van der Waals surface area contributed by atoms with E-state index in [1.807, 2.05) is 0 Å². The van der Waals surface area contributed by atoms with Crippen LogP contribution in [0.2, 0.25) is 0 Å². The van der Waals surface area contributed by atoms with Crippen LogP contribution in [-0.2, 0) is 6.54 Å². The average molecular weight is 290 g/mol. The van der Waals surface area contributed by atoms with Crippen molar-refractivity contribution in [3.8, 4) is 0 Å². The SMILES string of the molecule is Fc1ccc(NCCN(Cc2ccsc2)C2CC2)cc1. The molecular formula is C16H19FN2S. The Morgan fingerprint density at radius 1 is 1.20 bits per heavy atom. The van der Waals surface area contributed by atoms with Gasteiger partial charge in [0.25, 0.3) is 0 Å². The fourth-order valence-corrected chi connectivity index (χ4v) is 3.02. The van der Waals surface area contributed by atoms with E-state index in [0.29, 0.717) is 0 Å². The van der Waals surface area contributed by atoms with Gasteiger partial charge in [-0.3, -0.25) is 4.90 Å². The Labute approximate surface area is 123 Å². The van der Waals surface area contributed by atoms with Gasteiger partial charge in [0.1, 0.15) is 5.82 Å². The van der Waals surface area contributed by atoms with Gasteiger partial charge in [-0.2, -0.15) is 11.3 Å². The molecule has 0 unspecified atom stereocenters. The van der Waals surface area contributed by atoms with Crippen LogP contribution in [-0.4, -0.2) is 24.0 Å². The first-order chi connectivity index (χ1) is 9.81. The number of nitrogens with one attached hydrogen (secondary N) is 1. The van der Waals surface area contributed by atoms with Crippen molar-refractivity contribution in [2.45, 2.75) is 25.4 Å². The molecule has 0 atom stereocenters. The zero-order valence-corrected chi connectivity index (χ0v) is 12.2. The minimum atomic E-state index is -0.187. The normalized spacial score (nSPS) is 14.7. The van der Waals surface area contributed by atoms with Crippen molar-refractivity contribution in [2.75, 3.05) is 18.4 Å². The van der Waals surface area contributed by atoms with Gasteiger partial charge in [-0.25, -0.2) is 4.39 Å². The molecule has 0 spiro atoms. The predicted octanol–water partition coefficient (Wildman–Crippen LogP) is 3.96. The van der Waals surface area contributed by atoms with Gasteiger partial charge in [0.05, 0.1) is 0 Å². The van der Waals surface area contributed by atoms with Crippen LogP contribution in [0.1, 0.15) is 18.4 Å². The monoisotopic (exact) mass is 290 g/mol. The van der Waals surface area contributed by atoms with Gasteiger partial charge in [0, 0.05) is 31.4 Å². The van der Waals surface area contributed by atoms with Crippen LogP contribution in [0, 0.1) is 5.82 Å². The molecule has 106 valence electrons. The topological polar surface area (TPSA) is 15.3 Å². The molecule has 1 aliphatic rings. The molecule has 0 aliphatic heterocycles. The number of anilines is 1. The molecule has 4 heteroatoms. The van der Waals surface area contributed by atoms with Gasteiger partial charge in [-0.05, 0) is 59.5 Å². The van der Waals surface area contributed by atoms with Crippen LogP contribution in [0.15, 0.2) is 41.1 Å². The summed E-state index contributed by atoms with van der Waals surface area (Å²) in [5.74, 6) is -0.187. The molecule has 3 rings (SSSR count). The number of nitrogens with zero attached hydrogens (tertiary/aromatic N) is 1. The number of halogens is 1. The Bertz CT molecular complexity index is 520. The fraction of sp³-hybridized carbons (Fsp3) is 0.375. The highest BCUT2D eigenvalue weighted by Gasteiger charge is 2.28. The van der Waals surface area contributed by atoms with Crippen molar-refractivity contribution in [3.63, 3.8) is 0 Å². The Hall–Kier alpha value is -1.39. The molecule has 1 aliphatic carbocycles. The summed E-state index contributed by atoms with van der Waals surface area (Å²) in [4.78, 5) is 2.54. The molecule has 0 amide bonds. The van der Waals surface area contributed by atoms with E-state index in [2.05, 4.69) is 27.0 Å². The van der Waals surface area contributed by atoms with E-state index in [-0.39, 0.29) is 5.82 Å². The third kappa shape index (κ3) is 3.81. The standard InChI is InChI=1S/C16H19FN2S/c17-14-1-3-15(4-2-14)18-8-9-19(16-5-6-16)11-13-7-10-20-12-13/h1-4,7,10,12,16,18H,5-6,8-9,11H2. The van der Waals surface area contributed by atoms with E-state index < -0.39 is 0 Å². The van der Waals surface area contributed by atoms with E-state index in [1.54, 1.807) is 23.5 Å². The second-order valence-electron chi connectivity index (χ2n) is 5.27. The Balaban J connectivity index is 1.48. The molecule has 20 heavy (non-hydrogen) atoms. The van der Waals surface area contributed by atoms with Crippen molar-refractivity contribution in [1.29, 1.82) is 0 Å². The fourth-order valence-electron chi connectivity index (χ4n) is 2.36. The maximum absolute atomic E-state index is 12.8. The van der Waals surface area contributed by atoms with Crippen molar-refractivity contribution >= 4 is 17.0 Å². The average Bonchev–Trinajstić information content (AvgIpc) is 3.18. The maximum atomic E-state index is 12.8. The Morgan fingerprint density at radius 2 is 2.00 bits per heavy atom. The van der Waals surface area contributed by atoms with E-state index in [0.717, 1.165) is 31.4 Å². The first-order valence-corrected chi connectivity index (χ1v) is 8.00. The second kappa shape index (κ2) is 6.37. The summed E-state index contributed by atoms with van der Waals surface area (Å²) in [6, 6.07) is 9.52. The number of hydrogen-bond donors (Lipinski definition) is 1. The summed E-state index contributed by atoms with van der Waals surface area (Å²) in [5.41, 5.74) is 2.39. The van der Waals surface area contributed by atoms with Crippen LogP contribution < -0.4 is 5.32 Å². The Kier molecular flexibility index (Phi) is 4.33. The van der Waals surface area contributed by atoms with Gasteiger partial charge in [0.15, 0.2) is 0 Å². The van der Waals surface area contributed by atoms with Crippen LogP contribution in [0.3, 0.4) is 0 Å². The molecule has 0 bridgehead atoms. The van der Waals surface area contributed by atoms with Gasteiger partial charge in [-0.15, -0.1) is 0 Å². The largest absolute Gasteiger partial charge is 0.384 e. The highest BCUT2D eigenvalue weighted by molar-refractivity contribution is 7.07. The smallest absolute Gasteiger partial charge is 0.123 e. The number of rotatable bonds is 7. The molecular weight excluding hydrogens is 271 g/mol. The molecule has 1 fully saturated rings.